The first kappa shape index (κ1) is 14.8. The van der Waals surface area contributed by atoms with Crippen molar-refractivity contribution >= 4 is 23.3 Å². The van der Waals surface area contributed by atoms with Crippen molar-refractivity contribution in [3.05, 3.63) is 33.9 Å². The summed E-state index contributed by atoms with van der Waals surface area (Å²) in [7, 11) is 0. The minimum atomic E-state index is -1.01. The molecular formula is C13H15N3O5. The zero-order valence-electron chi connectivity index (χ0n) is 11.2. The zero-order valence-corrected chi connectivity index (χ0v) is 11.2. The predicted octanol–water partition coefficient (Wildman–Crippen LogP) is 1.14. The second-order valence-electron chi connectivity index (χ2n) is 4.87. The van der Waals surface area contributed by atoms with Gasteiger partial charge in [-0.25, -0.2) is 4.79 Å². The summed E-state index contributed by atoms with van der Waals surface area (Å²) in [6.45, 7) is 0.424. The number of piperidine rings is 1. The summed E-state index contributed by atoms with van der Waals surface area (Å²) in [5, 5.41) is 20.5. The van der Waals surface area contributed by atoms with Crippen LogP contribution in [0.2, 0.25) is 0 Å². The molecule has 1 heterocycles. The quantitative estimate of drug-likeness (QED) is 0.633. The number of amides is 1. The van der Waals surface area contributed by atoms with E-state index in [0.717, 1.165) is 18.9 Å². The zero-order chi connectivity index (χ0) is 15.6. The Labute approximate surface area is 120 Å². The van der Waals surface area contributed by atoms with Crippen molar-refractivity contribution in [3.8, 4) is 0 Å². The maximum Gasteiger partial charge on any atom is 0.326 e. The molecule has 1 amide bonds. The van der Waals surface area contributed by atoms with E-state index in [1.807, 2.05) is 0 Å². The fourth-order valence-corrected chi connectivity index (χ4v) is 2.54. The SMILES string of the molecule is NC(=O)c1ccc(N2CCCCC2C(=O)O)c([N+](=O)[O-])c1. The number of nitrogens with two attached hydrogens (primary N) is 1. The van der Waals surface area contributed by atoms with E-state index in [1.165, 1.54) is 17.0 Å². The van der Waals surface area contributed by atoms with Crippen molar-refractivity contribution in [1.82, 2.24) is 0 Å². The highest BCUT2D eigenvalue weighted by atomic mass is 16.6. The van der Waals surface area contributed by atoms with Gasteiger partial charge in [0.05, 0.1) is 4.92 Å². The van der Waals surface area contributed by atoms with E-state index in [2.05, 4.69) is 0 Å². The second-order valence-corrected chi connectivity index (χ2v) is 4.87. The molecule has 0 saturated carbocycles. The molecule has 2 rings (SSSR count). The molecule has 0 aliphatic carbocycles. The van der Waals surface area contributed by atoms with Crippen LogP contribution in [0.5, 0.6) is 0 Å². The minimum Gasteiger partial charge on any atom is -0.480 e. The van der Waals surface area contributed by atoms with E-state index < -0.39 is 22.8 Å². The molecule has 21 heavy (non-hydrogen) atoms. The van der Waals surface area contributed by atoms with Crippen LogP contribution in [0.15, 0.2) is 18.2 Å². The Morgan fingerprint density at radius 2 is 2.10 bits per heavy atom. The normalized spacial score (nSPS) is 18.3. The van der Waals surface area contributed by atoms with Crippen LogP contribution in [0.1, 0.15) is 29.6 Å². The van der Waals surface area contributed by atoms with Gasteiger partial charge in [0.1, 0.15) is 11.7 Å². The smallest absolute Gasteiger partial charge is 0.326 e. The number of carbonyl (C=O) groups excluding carboxylic acids is 1. The Kier molecular flexibility index (Phi) is 4.06. The van der Waals surface area contributed by atoms with Crippen molar-refractivity contribution < 1.29 is 19.6 Å². The minimum absolute atomic E-state index is 0.0225. The monoisotopic (exact) mass is 293 g/mol. The van der Waals surface area contributed by atoms with E-state index >= 15 is 0 Å². The van der Waals surface area contributed by atoms with Crippen molar-refractivity contribution in [2.75, 3.05) is 11.4 Å². The molecule has 0 aromatic heterocycles. The molecule has 0 spiro atoms. The van der Waals surface area contributed by atoms with E-state index in [-0.39, 0.29) is 16.9 Å². The van der Waals surface area contributed by atoms with E-state index in [1.54, 1.807) is 0 Å². The van der Waals surface area contributed by atoms with Crippen LogP contribution < -0.4 is 10.6 Å². The summed E-state index contributed by atoms with van der Waals surface area (Å²) in [6.07, 6.45) is 1.96. The molecule has 0 bridgehead atoms. The third kappa shape index (κ3) is 2.93. The molecule has 112 valence electrons. The lowest BCUT2D eigenvalue weighted by Crippen LogP contribution is -2.45. The summed E-state index contributed by atoms with van der Waals surface area (Å²) >= 11 is 0. The Morgan fingerprint density at radius 3 is 2.67 bits per heavy atom. The van der Waals surface area contributed by atoms with Gasteiger partial charge in [0.25, 0.3) is 5.69 Å². The molecule has 1 aromatic carbocycles. The van der Waals surface area contributed by atoms with Gasteiger partial charge in [-0.3, -0.25) is 14.9 Å². The number of nitrogens with zero attached hydrogens (tertiary/aromatic N) is 2. The summed E-state index contributed by atoms with van der Waals surface area (Å²) < 4.78 is 0. The highest BCUT2D eigenvalue weighted by molar-refractivity contribution is 5.94. The molecule has 1 unspecified atom stereocenters. The number of carbonyl (C=O) groups is 2. The number of aliphatic carboxylic acids is 1. The molecule has 8 nitrogen and oxygen atoms in total. The van der Waals surface area contributed by atoms with Gasteiger partial charge in [0.15, 0.2) is 0 Å². The molecule has 1 aliphatic heterocycles. The molecule has 0 radical (unpaired) electrons. The highest BCUT2D eigenvalue weighted by Crippen LogP contribution is 2.33. The van der Waals surface area contributed by atoms with Gasteiger partial charge in [-0.2, -0.15) is 0 Å². The van der Waals surface area contributed by atoms with Crippen LogP contribution in [-0.4, -0.2) is 34.5 Å². The van der Waals surface area contributed by atoms with E-state index in [0.29, 0.717) is 13.0 Å². The van der Waals surface area contributed by atoms with Gasteiger partial charge in [0.2, 0.25) is 5.91 Å². The Hall–Kier alpha value is -2.64. The third-order valence-corrected chi connectivity index (χ3v) is 3.55. The van der Waals surface area contributed by atoms with E-state index in [9.17, 15) is 24.8 Å². The van der Waals surface area contributed by atoms with Gasteiger partial charge in [0, 0.05) is 18.2 Å². The Bertz CT molecular complexity index is 601. The highest BCUT2D eigenvalue weighted by Gasteiger charge is 2.32. The van der Waals surface area contributed by atoms with Crippen LogP contribution >= 0.6 is 0 Å². The number of hydrogen-bond donors (Lipinski definition) is 2. The lowest BCUT2D eigenvalue weighted by Gasteiger charge is -2.34. The standard InChI is InChI=1S/C13H15N3O5/c14-12(17)8-4-5-9(11(7-8)16(20)21)15-6-2-1-3-10(15)13(18)19/h4-5,7,10H,1-3,6H2,(H2,14,17)(H,18,19). The first-order chi connectivity index (χ1) is 9.91. The van der Waals surface area contributed by atoms with Crippen LogP contribution in [0.4, 0.5) is 11.4 Å². The fraction of sp³-hybridized carbons (Fsp3) is 0.385. The van der Waals surface area contributed by atoms with Gasteiger partial charge in [-0.15, -0.1) is 0 Å². The lowest BCUT2D eigenvalue weighted by atomic mass is 10.0. The number of rotatable bonds is 4. The molecule has 3 N–H and O–H groups in total. The molecule has 1 fully saturated rings. The van der Waals surface area contributed by atoms with Gasteiger partial charge in [-0.05, 0) is 31.4 Å². The van der Waals surface area contributed by atoms with E-state index in [4.69, 9.17) is 5.73 Å². The topological polar surface area (TPSA) is 127 Å². The summed E-state index contributed by atoms with van der Waals surface area (Å²) in [4.78, 5) is 34.5. The van der Waals surface area contributed by atoms with Crippen molar-refractivity contribution in [3.63, 3.8) is 0 Å². The summed E-state index contributed by atoms with van der Waals surface area (Å²) in [5.41, 5.74) is 5.04. The summed E-state index contributed by atoms with van der Waals surface area (Å²) in [5.74, 6) is -1.78. The molecular weight excluding hydrogens is 278 g/mol. The van der Waals surface area contributed by atoms with Crippen LogP contribution in [0, 0.1) is 10.1 Å². The van der Waals surface area contributed by atoms with Crippen LogP contribution in [0.3, 0.4) is 0 Å². The molecule has 1 aliphatic rings. The maximum atomic E-state index is 11.3. The number of nitro benzene ring substituents is 1. The predicted molar refractivity (Wildman–Crippen MR) is 74.2 cm³/mol. The molecule has 1 atom stereocenters. The maximum absolute atomic E-state index is 11.3. The number of carboxylic acids is 1. The average Bonchev–Trinajstić information content (AvgIpc) is 2.46. The van der Waals surface area contributed by atoms with Crippen molar-refractivity contribution in [2.24, 2.45) is 5.73 Å². The number of carboxylic acid groups (broad SMARTS) is 1. The van der Waals surface area contributed by atoms with Crippen molar-refractivity contribution in [1.29, 1.82) is 0 Å². The Morgan fingerprint density at radius 1 is 1.38 bits per heavy atom. The van der Waals surface area contributed by atoms with Crippen molar-refractivity contribution in [2.45, 2.75) is 25.3 Å². The van der Waals surface area contributed by atoms with Gasteiger partial charge >= 0.3 is 5.97 Å². The largest absolute Gasteiger partial charge is 0.480 e. The molecule has 1 saturated heterocycles. The number of anilines is 1. The second kappa shape index (κ2) is 5.78. The fourth-order valence-electron chi connectivity index (χ4n) is 2.54. The average molecular weight is 293 g/mol. The first-order valence-corrected chi connectivity index (χ1v) is 6.49. The molecule has 1 aromatic rings. The number of primary amides is 1. The molecule has 8 heteroatoms. The third-order valence-electron chi connectivity index (χ3n) is 3.55. The number of benzene rings is 1. The number of hydrogen-bond acceptors (Lipinski definition) is 5. The Balaban J connectivity index is 2.48. The first-order valence-electron chi connectivity index (χ1n) is 6.49. The van der Waals surface area contributed by atoms with Gasteiger partial charge < -0.3 is 15.7 Å². The van der Waals surface area contributed by atoms with Gasteiger partial charge in [-0.1, -0.05) is 0 Å². The van der Waals surface area contributed by atoms with Crippen LogP contribution in [0.25, 0.3) is 0 Å². The van der Waals surface area contributed by atoms with Crippen LogP contribution in [-0.2, 0) is 4.79 Å². The summed E-state index contributed by atoms with van der Waals surface area (Å²) in [6, 6.07) is 3.06. The lowest BCUT2D eigenvalue weighted by molar-refractivity contribution is -0.384. The number of nitro groups is 1.